The first-order valence-electron chi connectivity index (χ1n) is 10.1. The maximum atomic E-state index is 4.56. The quantitative estimate of drug-likeness (QED) is 0.241. The molecule has 0 saturated carbocycles. The predicted octanol–water partition coefficient (Wildman–Crippen LogP) is 4.54. The minimum atomic E-state index is 0. The number of guanidine groups is 1. The number of anilines is 1. The molecule has 2 heterocycles. The molecule has 0 amide bonds. The van der Waals surface area contributed by atoms with E-state index in [4.69, 9.17) is 0 Å². The van der Waals surface area contributed by atoms with E-state index in [1.807, 2.05) is 25.0 Å². The van der Waals surface area contributed by atoms with Gasteiger partial charge in [0.1, 0.15) is 5.82 Å². The van der Waals surface area contributed by atoms with E-state index in [9.17, 15) is 0 Å². The van der Waals surface area contributed by atoms with Crippen LogP contribution in [0.15, 0.2) is 58.5 Å². The Morgan fingerprint density at radius 1 is 1.14 bits per heavy atom. The zero-order chi connectivity index (χ0) is 19.6. The van der Waals surface area contributed by atoms with Gasteiger partial charge >= 0.3 is 0 Å². The van der Waals surface area contributed by atoms with Crippen molar-refractivity contribution < 1.29 is 0 Å². The molecule has 0 radical (unpaired) electrons. The van der Waals surface area contributed by atoms with Gasteiger partial charge in [0.05, 0.1) is 0 Å². The molecule has 1 aromatic heterocycles. The van der Waals surface area contributed by atoms with Crippen LogP contribution in [0.3, 0.4) is 0 Å². The summed E-state index contributed by atoms with van der Waals surface area (Å²) < 4.78 is 0. The number of benzene rings is 1. The molecule has 0 aliphatic carbocycles. The number of rotatable bonds is 7. The fourth-order valence-corrected chi connectivity index (χ4v) is 4.23. The number of pyridine rings is 1. The van der Waals surface area contributed by atoms with Crippen molar-refractivity contribution >= 4 is 47.5 Å². The Hall–Kier alpha value is -1.48. The highest BCUT2D eigenvalue weighted by Gasteiger charge is 2.12. The molecule has 1 aromatic carbocycles. The van der Waals surface area contributed by atoms with Crippen LogP contribution in [-0.4, -0.2) is 42.9 Å². The highest BCUT2D eigenvalue weighted by molar-refractivity contribution is 14.0. The summed E-state index contributed by atoms with van der Waals surface area (Å²) in [6, 6.07) is 14.8. The lowest BCUT2D eigenvalue weighted by atomic mass is 10.1. The van der Waals surface area contributed by atoms with Crippen LogP contribution in [-0.2, 0) is 6.54 Å². The summed E-state index contributed by atoms with van der Waals surface area (Å²) in [5, 5.41) is 7.30. The second-order valence-electron chi connectivity index (χ2n) is 7.12. The van der Waals surface area contributed by atoms with Crippen molar-refractivity contribution in [3.05, 3.63) is 54.2 Å². The second-order valence-corrected chi connectivity index (χ2v) is 8.63. The van der Waals surface area contributed by atoms with Gasteiger partial charge in [-0.2, -0.15) is 0 Å². The predicted molar refractivity (Wildman–Crippen MR) is 136 cm³/mol. The van der Waals surface area contributed by atoms with E-state index in [2.05, 4.69) is 74.9 Å². The molecule has 7 heteroatoms. The lowest BCUT2D eigenvalue weighted by Gasteiger charge is -2.28. The fraction of sp³-hybridized carbons (Fsp3) is 0.455. The van der Waals surface area contributed by atoms with Gasteiger partial charge in [-0.3, -0.25) is 4.99 Å². The van der Waals surface area contributed by atoms with E-state index in [0.717, 1.165) is 38.0 Å². The van der Waals surface area contributed by atoms with Crippen molar-refractivity contribution in [2.75, 3.05) is 31.6 Å². The standard InChI is InChI=1S/C22H31N5S.HI/c1-18(28-20-9-5-3-6-10-20)16-25-22(23-2)26-17-19-11-12-24-21(15-19)27-13-7-4-8-14-27;/h3,5-6,9-12,15,18H,4,7-8,13-14,16-17H2,1-2H3,(H2,23,25,26);1H. The topological polar surface area (TPSA) is 52.6 Å². The van der Waals surface area contributed by atoms with Gasteiger partial charge < -0.3 is 15.5 Å². The van der Waals surface area contributed by atoms with Crippen molar-refractivity contribution in [2.24, 2.45) is 4.99 Å². The molecule has 1 saturated heterocycles. The fourth-order valence-electron chi connectivity index (χ4n) is 3.29. The summed E-state index contributed by atoms with van der Waals surface area (Å²) >= 11 is 1.87. The Labute approximate surface area is 196 Å². The van der Waals surface area contributed by atoms with Gasteiger partial charge in [0.15, 0.2) is 5.96 Å². The number of hydrogen-bond donors (Lipinski definition) is 2. The Morgan fingerprint density at radius 3 is 2.62 bits per heavy atom. The SMILES string of the molecule is CN=C(NCc1ccnc(N2CCCCC2)c1)NCC(C)Sc1ccccc1.I. The number of halogens is 1. The van der Waals surface area contributed by atoms with Gasteiger partial charge in [0, 0.05) is 49.6 Å². The molecule has 158 valence electrons. The van der Waals surface area contributed by atoms with Crippen LogP contribution in [0.2, 0.25) is 0 Å². The number of thioether (sulfide) groups is 1. The van der Waals surface area contributed by atoms with E-state index in [1.54, 1.807) is 0 Å². The smallest absolute Gasteiger partial charge is 0.191 e. The van der Waals surface area contributed by atoms with E-state index >= 15 is 0 Å². The maximum Gasteiger partial charge on any atom is 0.191 e. The Kier molecular flexibility index (Phi) is 10.6. The molecular formula is C22H32IN5S. The summed E-state index contributed by atoms with van der Waals surface area (Å²) in [4.78, 5) is 12.6. The summed E-state index contributed by atoms with van der Waals surface area (Å²) in [6.45, 7) is 6.05. The van der Waals surface area contributed by atoms with Crippen molar-refractivity contribution in [1.82, 2.24) is 15.6 Å². The molecule has 1 fully saturated rings. The Balaban J connectivity index is 0.00000300. The average Bonchev–Trinajstić information content (AvgIpc) is 2.75. The minimum absolute atomic E-state index is 0. The van der Waals surface area contributed by atoms with Gasteiger partial charge in [0.25, 0.3) is 0 Å². The van der Waals surface area contributed by atoms with Crippen LogP contribution >= 0.6 is 35.7 Å². The number of nitrogens with zero attached hydrogens (tertiary/aromatic N) is 3. The number of hydrogen-bond acceptors (Lipinski definition) is 4. The summed E-state index contributed by atoms with van der Waals surface area (Å²) in [5.74, 6) is 1.92. The summed E-state index contributed by atoms with van der Waals surface area (Å²) in [7, 11) is 1.82. The first-order valence-corrected chi connectivity index (χ1v) is 11.0. The lowest BCUT2D eigenvalue weighted by Crippen LogP contribution is -2.39. The molecule has 0 bridgehead atoms. The van der Waals surface area contributed by atoms with Crippen molar-refractivity contribution in [3.8, 4) is 0 Å². The van der Waals surface area contributed by atoms with Crippen LogP contribution in [0.5, 0.6) is 0 Å². The third kappa shape index (κ3) is 8.04. The third-order valence-electron chi connectivity index (χ3n) is 4.81. The molecule has 0 spiro atoms. The van der Waals surface area contributed by atoms with E-state index in [-0.39, 0.29) is 24.0 Å². The zero-order valence-corrected chi connectivity index (χ0v) is 20.5. The normalized spacial score (nSPS) is 15.4. The van der Waals surface area contributed by atoms with Crippen LogP contribution < -0.4 is 15.5 Å². The molecule has 3 rings (SSSR count). The van der Waals surface area contributed by atoms with Gasteiger partial charge in [0.2, 0.25) is 0 Å². The van der Waals surface area contributed by atoms with E-state index in [1.165, 1.54) is 29.7 Å². The molecular weight excluding hydrogens is 493 g/mol. The highest BCUT2D eigenvalue weighted by Crippen LogP contribution is 2.22. The molecule has 2 N–H and O–H groups in total. The number of piperidine rings is 1. The maximum absolute atomic E-state index is 4.56. The number of aliphatic imine (C=N–C) groups is 1. The van der Waals surface area contributed by atoms with Crippen LogP contribution in [0.4, 0.5) is 5.82 Å². The van der Waals surface area contributed by atoms with Crippen molar-refractivity contribution in [3.63, 3.8) is 0 Å². The molecule has 5 nitrogen and oxygen atoms in total. The Bertz CT molecular complexity index is 750. The summed E-state index contributed by atoms with van der Waals surface area (Å²) in [6.07, 6.45) is 5.77. The van der Waals surface area contributed by atoms with Crippen LogP contribution in [0.1, 0.15) is 31.7 Å². The molecule has 2 aromatic rings. The van der Waals surface area contributed by atoms with Crippen molar-refractivity contribution in [2.45, 2.75) is 42.9 Å². The molecule has 1 aliphatic heterocycles. The highest BCUT2D eigenvalue weighted by atomic mass is 127. The molecule has 29 heavy (non-hydrogen) atoms. The van der Waals surface area contributed by atoms with Crippen LogP contribution in [0, 0.1) is 0 Å². The van der Waals surface area contributed by atoms with E-state index in [0.29, 0.717) is 5.25 Å². The largest absolute Gasteiger partial charge is 0.357 e. The second kappa shape index (κ2) is 13.0. The van der Waals surface area contributed by atoms with Gasteiger partial charge in [-0.1, -0.05) is 25.1 Å². The van der Waals surface area contributed by atoms with Gasteiger partial charge in [-0.15, -0.1) is 35.7 Å². The number of nitrogens with one attached hydrogen (secondary N) is 2. The van der Waals surface area contributed by atoms with E-state index < -0.39 is 0 Å². The van der Waals surface area contributed by atoms with Crippen LogP contribution in [0.25, 0.3) is 0 Å². The number of aromatic nitrogens is 1. The first kappa shape index (κ1) is 23.8. The third-order valence-corrected chi connectivity index (χ3v) is 5.92. The zero-order valence-electron chi connectivity index (χ0n) is 17.3. The Morgan fingerprint density at radius 2 is 1.90 bits per heavy atom. The summed E-state index contributed by atoms with van der Waals surface area (Å²) in [5.41, 5.74) is 1.23. The lowest BCUT2D eigenvalue weighted by molar-refractivity contribution is 0.573. The monoisotopic (exact) mass is 525 g/mol. The van der Waals surface area contributed by atoms with Crippen molar-refractivity contribution in [1.29, 1.82) is 0 Å². The minimum Gasteiger partial charge on any atom is -0.357 e. The molecule has 1 atom stereocenters. The molecule has 1 unspecified atom stereocenters. The average molecular weight is 526 g/mol. The first-order chi connectivity index (χ1) is 13.7. The molecule has 1 aliphatic rings. The van der Waals surface area contributed by atoms with Gasteiger partial charge in [-0.25, -0.2) is 4.98 Å². The van der Waals surface area contributed by atoms with Gasteiger partial charge in [-0.05, 0) is 49.1 Å².